The standard InChI is InChI=1S/C14H15FN2O2/c1-8-13(19-3)7-10(14(16)17-8)9-4-5-12(18-2)11(15)6-9/h4-7H,1-3H3,(H2,16,17). The highest BCUT2D eigenvalue weighted by molar-refractivity contribution is 5.76. The van der Waals surface area contributed by atoms with Crippen LogP contribution >= 0.6 is 0 Å². The number of benzene rings is 1. The van der Waals surface area contributed by atoms with Gasteiger partial charge in [0.15, 0.2) is 11.6 Å². The van der Waals surface area contributed by atoms with Crippen molar-refractivity contribution >= 4 is 5.82 Å². The number of nitrogens with two attached hydrogens (primary N) is 1. The van der Waals surface area contributed by atoms with Gasteiger partial charge in [-0.3, -0.25) is 0 Å². The second kappa shape index (κ2) is 5.14. The van der Waals surface area contributed by atoms with Crippen molar-refractivity contribution in [2.24, 2.45) is 0 Å². The number of nitrogens with zero attached hydrogens (tertiary/aromatic N) is 1. The lowest BCUT2D eigenvalue weighted by molar-refractivity contribution is 0.386. The molecule has 4 nitrogen and oxygen atoms in total. The van der Waals surface area contributed by atoms with Crippen LogP contribution in [0.2, 0.25) is 0 Å². The molecule has 2 aromatic rings. The molecule has 0 bridgehead atoms. The van der Waals surface area contributed by atoms with Gasteiger partial charge < -0.3 is 15.2 Å². The second-order valence-electron chi connectivity index (χ2n) is 4.06. The first-order chi connectivity index (χ1) is 9.06. The molecule has 5 heteroatoms. The summed E-state index contributed by atoms with van der Waals surface area (Å²) in [5.41, 5.74) is 7.82. The van der Waals surface area contributed by atoms with Gasteiger partial charge in [0.2, 0.25) is 0 Å². The van der Waals surface area contributed by atoms with Crippen molar-refractivity contribution in [2.75, 3.05) is 20.0 Å². The van der Waals surface area contributed by atoms with Crippen LogP contribution in [-0.4, -0.2) is 19.2 Å². The smallest absolute Gasteiger partial charge is 0.165 e. The average Bonchev–Trinajstić information content (AvgIpc) is 2.39. The summed E-state index contributed by atoms with van der Waals surface area (Å²) in [6.45, 7) is 1.80. The van der Waals surface area contributed by atoms with Gasteiger partial charge in [-0.2, -0.15) is 0 Å². The number of rotatable bonds is 3. The predicted molar refractivity (Wildman–Crippen MR) is 71.9 cm³/mol. The summed E-state index contributed by atoms with van der Waals surface area (Å²) >= 11 is 0. The maximum atomic E-state index is 13.7. The number of halogens is 1. The van der Waals surface area contributed by atoms with Gasteiger partial charge in [0.25, 0.3) is 0 Å². The van der Waals surface area contributed by atoms with E-state index >= 15 is 0 Å². The molecule has 1 aromatic carbocycles. The third kappa shape index (κ3) is 2.45. The zero-order valence-corrected chi connectivity index (χ0v) is 11.0. The van der Waals surface area contributed by atoms with Crippen molar-refractivity contribution in [1.82, 2.24) is 4.98 Å². The quantitative estimate of drug-likeness (QED) is 0.924. The van der Waals surface area contributed by atoms with Crippen LogP contribution in [0.15, 0.2) is 24.3 Å². The van der Waals surface area contributed by atoms with Crippen molar-refractivity contribution in [1.29, 1.82) is 0 Å². The second-order valence-corrected chi connectivity index (χ2v) is 4.06. The number of ether oxygens (including phenoxy) is 2. The lowest BCUT2D eigenvalue weighted by Gasteiger charge is -2.11. The van der Waals surface area contributed by atoms with E-state index in [0.717, 1.165) is 0 Å². The molecular formula is C14H15FN2O2. The molecule has 0 amide bonds. The van der Waals surface area contributed by atoms with Gasteiger partial charge in [-0.1, -0.05) is 6.07 Å². The van der Waals surface area contributed by atoms with Gasteiger partial charge in [-0.25, -0.2) is 9.37 Å². The molecule has 0 atom stereocenters. The summed E-state index contributed by atoms with van der Waals surface area (Å²) in [5.74, 6) is 0.691. The Bertz CT molecular complexity index is 615. The third-order valence-electron chi connectivity index (χ3n) is 2.88. The highest BCUT2D eigenvalue weighted by atomic mass is 19.1. The van der Waals surface area contributed by atoms with E-state index in [2.05, 4.69) is 4.98 Å². The van der Waals surface area contributed by atoms with E-state index < -0.39 is 5.82 Å². The highest BCUT2D eigenvalue weighted by Gasteiger charge is 2.11. The lowest BCUT2D eigenvalue weighted by atomic mass is 10.1. The van der Waals surface area contributed by atoms with E-state index in [4.69, 9.17) is 15.2 Å². The largest absolute Gasteiger partial charge is 0.495 e. The highest BCUT2D eigenvalue weighted by Crippen LogP contribution is 2.32. The molecule has 2 N–H and O–H groups in total. The van der Waals surface area contributed by atoms with Gasteiger partial charge in [-0.05, 0) is 30.7 Å². The Hall–Kier alpha value is -2.30. The van der Waals surface area contributed by atoms with Crippen LogP contribution in [0.4, 0.5) is 10.2 Å². The zero-order chi connectivity index (χ0) is 14.0. The number of anilines is 1. The third-order valence-corrected chi connectivity index (χ3v) is 2.88. The van der Waals surface area contributed by atoms with Crippen LogP contribution in [0.25, 0.3) is 11.1 Å². The Kier molecular flexibility index (Phi) is 3.55. The molecular weight excluding hydrogens is 247 g/mol. The van der Waals surface area contributed by atoms with Crippen molar-refractivity contribution < 1.29 is 13.9 Å². The fourth-order valence-electron chi connectivity index (χ4n) is 1.88. The monoisotopic (exact) mass is 262 g/mol. The van der Waals surface area contributed by atoms with Gasteiger partial charge in [-0.15, -0.1) is 0 Å². The molecule has 0 saturated heterocycles. The lowest BCUT2D eigenvalue weighted by Crippen LogP contribution is -1.99. The summed E-state index contributed by atoms with van der Waals surface area (Å²) in [6.07, 6.45) is 0. The van der Waals surface area contributed by atoms with Gasteiger partial charge >= 0.3 is 0 Å². The first-order valence-electron chi connectivity index (χ1n) is 5.71. The summed E-state index contributed by atoms with van der Waals surface area (Å²) in [7, 11) is 2.97. The Labute approximate surface area is 111 Å². The molecule has 0 aliphatic carbocycles. The minimum Gasteiger partial charge on any atom is -0.495 e. The molecule has 19 heavy (non-hydrogen) atoms. The molecule has 0 aliphatic heterocycles. The Balaban J connectivity index is 2.55. The molecule has 1 aromatic heterocycles. The summed E-state index contributed by atoms with van der Waals surface area (Å²) < 4.78 is 23.8. The van der Waals surface area contributed by atoms with Gasteiger partial charge in [0.1, 0.15) is 11.6 Å². The molecule has 2 rings (SSSR count). The number of aryl methyl sites for hydroxylation is 1. The summed E-state index contributed by atoms with van der Waals surface area (Å²) in [6, 6.07) is 6.39. The van der Waals surface area contributed by atoms with Crippen molar-refractivity contribution in [3.8, 4) is 22.6 Å². The fraction of sp³-hybridized carbons (Fsp3) is 0.214. The number of methoxy groups -OCH3 is 2. The number of hydrogen-bond acceptors (Lipinski definition) is 4. The van der Waals surface area contributed by atoms with E-state index in [-0.39, 0.29) is 5.75 Å². The molecule has 1 heterocycles. The molecule has 0 aliphatic rings. The van der Waals surface area contributed by atoms with E-state index in [1.54, 1.807) is 32.2 Å². The van der Waals surface area contributed by atoms with Crippen LogP contribution in [-0.2, 0) is 0 Å². The SMILES string of the molecule is COc1ccc(-c2cc(OC)c(C)nc2N)cc1F. The van der Waals surface area contributed by atoms with Crippen LogP contribution < -0.4 is 15.2 Å². The average molecular weight is 262 g/mol. The van der Waals surface area contributed by atoms with E-state index in [9.17, 15) is 4.39 Å². The van der Waals surface area contributed by atoms with Crippen LogP contribution in [0.5, 0.6) is 11.5 Å². The Morgan fingerprint density at radius 2 is 1.79 bits per heavy atom. The number of hydrogen-bond donors (Lipinski definition) is 1. The molecule has 0 spiro atoms. The van der Waals surface area contributed by atoms with Gasteiger partial charge in [0, 0.05) is 5.56 Å². The minimum absolute atomic E-state index is 0.189. The summed E-state index contributed by atoms with van der Waals surface area (Å²) in [5, 5.41) is 0. The zero-order valence-electron chi connectivity index (χ0n) is 11.0. The molecule has 100 valence electrons. The van der Waals surface area contributed by atoms with Crippen molar-refractivity contribution in [3.63, 3.8) is 0 Å². The predicted octanol–water partition coefficient (Wildman–Crippen LogP) is 2.80. The van der Waals surface area contributed by atoms with Crippen LogP contribution in [0, 0.1) is 12.7 Å². The Morgan fingerprint density at radius 3 is 2.37 bits per heavy atom. The van der Waals surface area contributed by atoms with Crippen LogP contribution in [0.1, 0.15) is 5.69 Å². The van der Waals surface area contributed by atoms with Crippen LogP contribution in [0.3, 0.4) is 0 Å². The maximum Gasteiger partial charge on any atom is 0.165 e. The first-order valence-corrected chi connectivity index (χ1v) is 5.71. The minimum atomic E-state index is -0.445. The molecule has 0 unspecified atom stereocenters. The van der Waals surface area contributed by atoms with Gasteiger partial charge in [0.05, 0.1) is 19.9 Å². The molecule has 0 fully saturated rings. The fourth-order valence-corrected chi connectivity index (χ4v) is 1.88. The normalized spacial score (nSPS) is 10.3. The summed E-state index contributed by atoms with van der Waals surface area (Å²) in [4.78, 5) is 4.19. The number of aromatic nitrogens is 1. The first kappa shape index (κ1) is 13.1. The topological polar surface area (TPSA) is 57.4 Å². The number of pyridine rings is 1. The molecule has 0 saturated carbocycles. The Morgan fingerprint density at radius 1 is 1.11 bits per heavy atom. The van der Waals surface area contributed by atoms with Crippen molar-refractivity contribution in [2.45, 2.75) is 6.92 Å². The molecule has 0 radical (unpaired) electrons. The maximum absolute atomic E-state index is 13.7. The number of nitrogen functional groups attached to an aromatic ring is 1. The van der Waals surface area contributed by atoms with E-state index in [1.165, 1.54) is 13.2 Å². The van der Waals surface area contributed by atoms with E-state index in [0.29, 0.717) is 28.4 Å². The van der Waals surface area contributed by atoms with Crippen molar-refractivity contribution in [3.05, 3.63) is 35.8 Å². The van der Waals surface area contributed by atoms with E-state index in [1.807, 2.05) is 0 Å².